The van der Waals surface area contributed by atoms with Crippen molar-refractivity contribution in [2.75, 3.05) is 50.5 Å². The second kappa shape index (κ2) is 9.04. The standard InChI is InChI=1S/C22H25N3O4S2/c1-16-6-8-17(9-7-16)21(26)25(11-10-24-12-14-29-15-13-24)22-23-20-18(30-22)4-3-5-19(20)31(2,27)28/h3-9H,10-15H2,1-2H3. The Labute approximate surface area is 186 Å². The lowest BCUT2D eigenvalue weighted by molar-refractivity contribution is 0.0391. The zero-order valence-electron chi connectivity index (χ0n) is 17.6. The van der Waals surface area contributed by atoms with Gasteiger partial charge in [-0.2, -0.15) is 0 Å². The molecule has 2 heterocycles. The number of ether oxygens (including phenoxy) is 1. The minimum atomic E-state index is -3.43. The third-order valence-electron chi connectivity index (χ3n) is 5.29. The maximum atomic E-state index is 13.4. The second-order valence-corrected chi connectivity index (χ2v) is 10.6. The van der Waals surface area contributed by atoms with Crippen molar-refractivity contribution in [1.29, 1.82) is 0 Å². The zero-order chi connectivity index (χ0) is 22.0. The van der Waals surface area contributed by atoms with Crippen molar-refractivity contribution in [1.82, 2.24) is 9.88 Å². The number of hydrogen-bond donors (Lipinski definition) is 0. The fraction of sp³-hybridized carbons (Fsp3) is 0.364. The van der Waals surface area contributed by atoms with Crippen LogP contribution in [0.3, 0.4) is 0 Å². The Morgan fingerprint density at radius 1 is 1.16 bits per heavy atom. The van der Waals surface area contributed by atoms with Crippen molar-refractivity contribution in [3.63, 3.8) is 0 Å². The fourth-order valence-electron chi connectivity index (χ4n) is 3.53. The van der Waals surface area contributed by atoms with E-state index < -0.39 is 9.84 Å². The van der Waals surface area contributed by atoms with E-state index in [1.54, 1.807) is 17.0 Å². The maximum Gasteiger partial charge on any atom is 0.260 e. The number of carbonyl (C=O) groups is 1. The molecule has 1 aliphatic heterocycles. The molecule has 0 bridgehead atoms. The number of nitrogens with zero attached hydrogens (tertiary/aromatic N) is 3. The van der Waals surface area contributed by atoms with E-state index in [4.69, 9.17) is 4.74 Å². The lowest BCUT2D eigenvalue weighted by atomic mass is 10.1. The summed E-state index contributed by atoms with van der Waals surface area (Å²) >= 11 is 1.33. The monoisotopic (exact) mass is 459 g/mol. The van der Waals surface area contributed by atoms with Crippen LogP contribution in [0.1, 0.15) is 15.9 Å². The van der Waals surface area contributed by atoms with Gasteiger partial charge in [0.2, 0.25) is 0 Å². The molecule has 4 rings (SSSR count). The number of aromatic nitrogens is 1. The third-order valence-corrected chi connectivity index (χ3v) is 7.46. The van der Waals surface area contributed by atoms with E-state index in [0.29, 0.717) is 42.5 Å². The van der Waals surface area contributed by atoms with Crippen LogP contribution in [0, 0.1) is 6.92 Å². The van der Waals surface area contributed by atoms with Crippen LogP contribution in [0.5, 0.6) is 0 Å². The van der Waals surface area contributed by atoms with Gasteiger partial charge in [0.25, 0.3) is 5.91 Å². The zero-order valence-corrected chi connectivity index (χ0v) is 19.2. The molecule has 1 aliphatic rings. The number of fused-ring (bicyclic) bond motifs is 1. The smallest absolute Gasteiger partial charge is 0.260 e. The average Bonchev–Trinajstić information content (AvgIpc) is 3.18. The molecule has 7 nitrogen and oxygen atoms in total. The van der Waals surface area contributed by atoms with E-state index in [1.807, 2.05) is 37.3 Å². The number of hydrogen-bond acceptors (Lipinski definition) is 7. The molecule has 1 amide bonds. The SMILES string of the molecule is Cc1ccc(C(=O)N(CCN2CCOCC2)c2nc3c(S(C)(=O)=O)cccc3s2)cc1. The summed E-state index contributed by atoms with van der Waals surface area (Å²) < 4.78 is 30.6. The van der Waals surface area contributed by atoms with E-state index in [9.17, 15) is 13.2 Å². The number of amides is 1. The average molecular weight is 460 g/mol. The molecule has 0 aliphatic carbocycles. The van der Waals surface area contributed by atoms with Gasteiger partial charge in [-0.15, -0.1) is 0 Å². The highest BCUT2D eigenvalue weighted by Crippen LogP contribution is 2.33. The summed E-state index contributed by atoms with van der Waals surface area (Å²) in [6.07, 6.45) is 1.18. The summed E-state index contributed by atoms with van der Waals surface area (Å²) in [5.74, 6) is -0.145. The number of carbonyl (C=O) groups excluding carboxylic acids is 1. The Morgan fingerprint density at radius 2 is 1.87 bits per heavy atom. The molecule has 31 heavy (non-hydrogen) atoms. The second-order valence-electron chi connectivity index (χ2n) is 7.65. The lowest BCUT2D eigenvalue weighted by Gasteiger charge is -2.29. The van der Waals surface area contributed by atoms with Crippen molar-refractivity contribution in [3.8, 4) is 0 Å². The van der Waals surface area contributed by atoms with Gasteiger partial charge in [0.05, 0.1) is 22.8 Å². The van der Waals surface area contributed by atoms with E-state index in [-0.39, 0.29) is 10.8 Å². The number of morpholine rings is 1. The highest BCUT2D eigenvalue weighted by atomic mass is 32.2. The van der Waals surface area contributed by atoms with Crippen molar-refractivity contribution in [2.24, 2.45) is 0 Å². The highest BCUT2D eigenvalue weighted by Gasteiger charge is 2.24. The molecule has 0 saturated carbocycles. The molecule has 0 atom stereocenters. The van der Waals surface area contributed by atoms with Gasteiger partial charge < -0.3 is 4.74 Å². The Hall–Kier alpha value is -2.33. The number of thiazole rings is 1. The molecule has 1 aromatic heterocycles. The summed E-state index contributed by atoms with van der Waals surface area (Å²) in [4.78, 5) is 22.1. The first kappa shape index (κ1) is 21.9. The molecule has 1 fully saturated rings. The maximum absolute atomic E-state index is 13.4. The molecule has 2 aromatic carbocycles. The van der Waals surface area contributed by atoms with Crippen LogP contribution < -0.4 is 4.90 Å². The summed E-state index contributed by atoms with van der Waals surface area (Å²) in [6, 6.07) is 12.5. The lowest BCUT2D eigenvalue weighted by Crippen LogP contribution is -2.43. The molecule has 0 radical (unpaired) electrons. The van der Waals surface area contributed by atoms with E-state index in [0.717, 1.165) is 23.4 Å². The van der Waals surface area contributed by atoms with Crippen LogP contribution in [0.4, 0.5) is 5.13 Å². The number of sulfone groups is 1. The van der Waals surface area contributed by atoms with Crippen molar-refractivity contribution >= 4 is 42.4 Å². The molecule has 0 spiro atoms. The van der Waals surface area contributed by atoms with Gasteiger partial charge >= 0.3 is 0 Å². The quantitative estimate of drug-likeness (QED) is 0.564. The Morgan fingerprint density at radius 3 is 2.55 bits per heavy atom. The largest absolute Gasteiger partial charge is 0.379 e. The molecule has 9 heteroatoms. The van der Waals surface area contributed by atoms with Crippen LogP contribution in [0.15, 0.2) is 47.4 Å². The Bertz CT molecular complexity index is 1180. The highest BCUT2D eigenvalue weighted by molar-refractivity contribution is 7.91. The van der Waals surface area contributed by atoms with Crippen LogP contribution in [0.25, 0.3) is 10.2 Å². The first-order valence-corrected chi connectivity index (χ1v) is 12.8. The van der Waals surface area contributed by atoms with Gasteiger partial charge in [0, 0.05) is 38.0 Å². The Kier molecular flexibility index (Phi) is 6.38. The van der Waals surface area contributed by atoms with Crippen LogP contribution in [-0.4, -0.2) is 69.9 Å². The van der Waals surface area contributed by atoms with E-state index in [2.05, 4.69) is 9.88 Å². The van der Waals surface area contributed by atoms with Gasteiger partial charge in [0.1, 0.15) is 5.52 Å². The fourth-order valence-corrected chi connectivity index (χ4v) is 5.44. The number of anilines is 1. The first-order valence-electron chi connectivity index (χ1n) is 10.1. The number of rotatable bonds is 6. The molecular weight excluding hydrogens is 434 g/mol. The molecule has 1 saturated heterocycles. The first-order chi connectivity index (χ1) is 14.8. The van der Waals surface area contributed by atoms with Gasteiger partial charge in [0.15, 0.2) is 15.0 Å². The van der Waals surface area contributed by atoms with Gasteiger partial charge in [-0.05, 0) is 31.2 Å². The molecule has 164 valence electrons. The van der Waals surface area contributed by atoms with Gasteiger partial charge in [-0.3, -0.25) is 14.6 Å². The van der Waals surface area contributed by atoms with Gasteiger partial charge in [-0.25, -0.2) is 13.4 Å². The van der Waals surface area contributed by atoms with E-state index in [1.165, 1.54) is 17.6 Å². The summed E-state index contributed by atoms with van der Waals surface area (Å²) in [6.45, 7) is 6.14. The van der Waals surface area contributed by atoms with Crippen molar-refractivity contribution in [2.45, 2.75) is 11.8 Å². The van der Waals surface area contributed by atoms with Crippen molar-refractivity contribution < 1.29 is 17.9 Å². The van der Waals surface area contributed by atoms with Crippen molar-refractivity contribution in [3.05, 3.63) is 53.6 Å². The Balaban J connectivity index is 1.70. The van der Waals surface area contributed by atoms with Crippen LogP contribution in [-0.2, 0) is 14.6 Å². The third kappa shape index (κ3) is 4.95. The van der Waals surface area contributed by atoms with Crippen LogP contribution in [0.2, 0.25) is 0 Å². The molecule has 0 N–H and O–H groups in total. The minimum Gasteiger partial charge on any atom is -0.379 e. The minimum absolute atomic E-state index is 0.145. The van der Waals surface area contributed by atoms with Gasteiger partial charge in [-0.1, -0.05) is 35.1 Å². The topological polar surface area (TPSA) is 79.8 Å². The predicted molar refractivity (Wildman–Crippen MR) is 123 cm³/mol. The normalized spacial score (nSPS) is 15.3. The number of aryl methyl sites for hydroxylation is 1. The summed E-state index contributed by atoms with van der Waals surface area (Å²) in [5.41, 5.74) is 2.07. The molecular formula is C22H25N3O4S2. The summed E-state index contributed by atoms with van der Waals surface area (Å²) in [7, 11) is -3.43. The number of para-hydroxylation sites is 1. The molecule has 3 aromatic rings. The summed E-state index contributed by atoms with van der Waals surface area (Å²) in [5, 5.41) is 0.505. The van der Waals surface area contributed by atoms with Crippen LogP contribution >= 0.6 is 11.3 Å². The number of benzene rings is 2. The van der Waals surface area contributed by atoms with E-state index >= 15 is 0 Å². The molecule has 0 unspecified atom stereocenters. The predicted octanol–water partition coefficient (Wildman–Crippen LogP) is 2.99.